The Morgan fingerprint density at radius 2 is 1.00 bits per heavy atom. The maximum Gasteiger partial charge on any atom is 0 e. The van der Waals surface area contributed by atoms with Gasteiger partial charge in [-0.2, -0.15) is 0 Å². The Bertz CT molecular complexity index is 11.6. The van der Waals surface area contributed by atoms with Gasteiger partial charge >= 0.3 is 0 Å². The van der Waals surface area contributed by atoms with Gasteiger partial charge in [0.05, 0.1) is 0 Å². The molecule has 0 bridgehead atoms. The van der Waals surface area contributed by atoms with Crippen LogP contribution in [0.25, 0.3) is 0 Å². The Morgan fingerprint density at radius 3 is 1.00 bits per heavy atom. The minimum absolute atomic E-state index is 0. The molecule has 2 radical (unpaired) electrons. The van der Waals surface area contributed by atoms with E-state index >= 15 is 0 Å². The van der Waals surface area contributed by atoms with Crippen molar-refractivity contribution in [2.75, 3.05) is 0 Å². The maximum atomic E-state index is 0. The molecule has 0 saturated heterocycles. The van der Waals surface area contributed by atoms with E-state index in [1.807, 2.05) is 0 Å². The second kappa shape index (κ2) is 26.7. The minimum atomic E-state index is 0. The van der Waals surface area contributed by atoms with Gasteiger partial charge in [0.25, 0.3) is 0 Å². The zero-order valence-corrected chi connectivity index (χ0v) is 10.7. The summed E-state index contributed by atoms with van der Waals surface area (Å²) in [7, 11) is 0. The molecular weight excluding hydrogens is 448 g/mol. The molecule has 0 aromatic heterocycles. The summed E-state index contributed by atoms with van der Waals surface area (Å²) in [5.41, 5.74) is 0. The number of hydrogen-bond acceptors (Lipinski definition) is 0. The fourth-order valence-electron chi connectivity index (χ4n) is 0. The molecule has 0 aliphatic rings. The summed E-state index contributed by atoms with van der Waals surface area (Å²) >= 11 is 0. The average Bonchev–Trinajstić information content (AvgIpc) is 0. The number of hydrogen-bond donors (Lipinski definition) is 0. The van der Waals surface area contributed by atoms with E-state index in [9.17, 15) is 0 Å². The van der Waals surface area contributed by atoms with E-state index in [0.717, 1.165) is 0 Å². The third-order valence-corrected chi connectivity index (χ3v) is 0. The van der Waals surface area contributed by atoms with Crippen LogP contribution in [0.5, 0.6) is 0 Å². The van der Waals surface area contributed by atoms with Gasteiger partial charge in [-0.1, -0.05) is 0 Å². The molecule has 0 atom stereocenters. The van der Waals surface area contributed by atoms with E-state index in [4.69, 9.17) is 0 Å². The van der Waals surface area contributed by atoms with Crippen LogP contribution in [0.1, 0.15) is 0 Å². The Kier molecular flexibility index (Phi) is 218. The first-order chi connectivity index (χ1) is 0. The Morgan fingerprint density at radius 1 is 1.00 bits per heavy atom. The Labute approximate surface area is 100 Å². The summed E-state index contributed by atoms with van der Waals surface area (Å²) in [5, 5.41) is 0. The van der Waals surface area contributed by atoms with Crippen molar-refractivity contribution in [3.63, 3.8) is 0 Å². The number of rotatable bonds is 0. The standard InChI is InChI=1S/Cu.Ni.Re.Ti.Zr. The molecule has 5 heteroatoms. The molecule has 0 unspecified atom stereocenters. The monoisotopic (exact) mass is 446 g/mol. The van der Waals surface area contributed by atoms with Crippen LogP contribution in [0.15, 0.2) is 0 Å². The summed E-state index contributed by atoms with van der Waals surface area (Å²) in [6.45, 7) is 0. The van der Waals surface area contributed by atoms with Crippen LogP contribution < -0.4 is 0 Å². The molecule has 0 heterocycles. The van der Waals surface area contributed by atoms with Gasteiger partial charge in [0.15, 0.2) is 0 Å². The van der Waals surface area contributed by atoms with Crippen molar-refractivity contribution >= 4 is 0 Å². The van der Waals surface area contributed by atoms with E-state index < -0.39 is 0 Å². The molecule has 0 saturated carbocycles. The predicted octanol–water partition coefficient (Wildman–Crippen LogP) is -0.0125. The molecule has 0 spiro atoms. The summed E-state index contributed by atoms with van der Waals surface area (Å²) in [4.78, 5) is 0. The zero-order chi connectivity index (χ0) is 0. The normalized spacial score (nSPS) is 0. The molecule has 0 fully saturated rings. The van der Waals surface area contributed by atoms with Crippen molar-refractivity contribution in [3.8, 4) is 0 Å². The van der Waals surface area contributed by atoms with Crippen molar-refractivity contribution in [1.29, 1.82) is 0 Å². The first-order valence-electron chi connectivity index (χ1n) is 0. The van der Waals surface area contributed by atoms with E-state index in [1.54, 1.807) is 0 Å². The van der Waals surface area contributed by atoms with E-state index in [-0.39, 0.29) is 102 Å². The predicted molar refractivity (Wildman–Crippen MR) is 0 cm³/mol. The van der Waals surface area contributed by atoms with Crippen LogP contribution >= 0.6 is 0 Å². The van der Waals surface area contributed by atoms with Gasteiger partial charge in [0, 0.05) is 102 Å². The third kappa shape index (κ3) is 18.9. The molecule has 36 valence electrons. The van der Waals surface area contributed by atoms with Crippen LogP contribution in [0.4, 0.5) is 0 Å². The van der Waals surface area contributed by atoms with Gasteiger partial charge in [-0.05, 0) is 0 Å². The van der Waals surface area contributed by atoms with Crippen LogP contribution in [0.2, 0.25) is 0 Å². The van der Waals surface area contributed by atoms with Crippen LogP contribution in [0.3, 0.4) is 0 Å². The quantitative estimate of drug-likeness (QED) is 0.459. The van der Waals surface area contributed by atoms with Gasteiger partial charge in [-0.25, -0.2) is 0 Å². The van der Waals surface area contributed by atoms with Crippen molar-refractivity contribution < 1.29 is 102 Å². The van der Waals surface area contributed by atoms with Gasteiger partial charge < -0.3 is 0 Å². The molecular formula is CuNiReTiZr. The van der Waals surface area contributed by atoms with Gasteiger partial charge in [-0.15, -0.1) is 0 Å². The summed E-state index contributed by atoms with van der Waals surface area (Å²) < 4.78 is 0. The first kappa shape index (κ1) is 40.9. The first-order valence-corrected chi connectivity index (χ1v) is 0. The van der Waals surface area contributed by atoms with Crippen LogP contribution in [0, 0.1) is 0 Å². The summed E-state index contributed by atoms with van der Waals surface area (Å²) in [6.07, 6.45) is 0. The van der Waals surface area contributed by atoms with E-state index in [2.05, 4.69) is 0 Å². The van der Waals surface area contributed by atoms with Crippen molar-refractivity contribution in [1.82, 2.24) is 0 Å². The van der Waals surface area contributed by atoms with Gasteiger partial charge in [0.1, 0.15) is 0 Å². The van der Waals surface area contributed by atoms with Crippen LogP contribution in [-0.4, -0.2) is 0 Å². The summed E-state index contributed by atoms with van der Waals surface area (Å²) in [5.74, 6) is 0. The second-order valence-electron chi connectivity index (χ2n) is 0. The fraction of sp³-hybridized carbons (Fsp3) is 0. The molecule has 0 aliphatic heterocycles. The zero-order valence-electron chi connectivity index (χ0n) is 2.00. The molecule has 0 N–H and O–H groups in total. The molecule has 0 nitrogen and oxygen atoms in total. The second-order valence-corrected chi connectivity index (χ2v) is 0. The average molecular weight is 448 g/mol. The van der Waals surface area contributed by atoms with Crippen LogP contribution in [-0.2, 0) is 102 Å². The molecule has 0 aromatic carbocycles. The fourth-order valence-corrected chi connectivity index (χ4v) is 0. The Hall–Kier alpha value is 3.27. The molecule has 0 rings (SSSR count). The van der Waals surface area contributed by atoms with Crippen molar-refractivity contribution in [2.45, 2.75) is 0 Å². The van der Waals surface area contributed by atoms with E-state index in [0.29, 0.717) is 0 Å². The third-order valence-electron chi connectivity index (χ3n) is 0. The van der Waals surface area contributed by atoms with Crippen molar-refractivity contribution in [3.05, 3.63) is 0 Å². The SMILES string of the molecule is [Cu].[Ni].[Re].[Ti].[Zr]. The maximum absolute atomic E-state index is 0. The molecule has 0 aromatic rings. The Balaban J connectivity index is 0. The molecule has 5 heavy (non-hydrogen) atoms. The minimum Gasteiger partial charge on any atom is 0 e. The van der Waals surface area contributed by atoms with Gasteiger partial charge in [0.2, 0.25) is 0 Å². The largest absolute Gasteiger partial charge is 0 e. The molecule has 0 amide bonds. The van der Waals surface area contributed by atoms with Gasteiger partial charge in [-0.3, -0.25) is 0 Å². The molecule has 0 aliphatic carbocycles. The van der Waals surface area contributed by atoms with Crippen molar-refractivity contribution in [2.24, 2.45) is 0 Å². The van der Waals surface area contributed by atoms with E-state index in [1.165, 1.54) is 0 Å². The summed E-state index contributed by atoms with van der Waals surface area (Å²) in [6, 6.07) is 0. The topological polar surface area (TPSA) is 0 Å². The smallest absolute Gasteiger partial charge is 0 e.